The molecular formula is C21H14ClN3O2. The fraction of sp³-hybridized carbons (Fsp3) is 0. The van der Waals surface area contributed by atoms with Crippen LogP contribution in [0.5, 0.6) is 5.88 Å². The van der Waals surface area contributed by atoms with Crippen LogP contribution in [0.3, 0.4) is 0 Å². The Morgan fingerprint density at radius 3 is 2.33 bits per heavy atom. The van der Waals surface area contributed by atoms with Gasteiger partial charge in [0.2, 0.25) is 0 Å². The smallest absolute Gasteiger partial charge is 0.197 e. The zero-order valence-corrected chi connectivity index (χ0v) is 14.9. The average Bonchev–Trinajstić information content (AvgIpc) is 3.10. The van der Waals surface area contributed by atoms with Gasteiger partial charge in [-0.05, 0) is 30.3 Å². The van der Waals surface area contributed by atoms with Gasteiger partial charge in [0.15, 0.2) is 23.4 Å². The Labute approximate surface area is 160 Å². The molecule has 0 unspecified atom stereocenters. The Kier molecular flexibility index (Phi) is 4.44. The summed E-state index contributed by atoms with van der Waals surface area (Å²) in [6, 6.07) is 22.9. The van der Waals surface area contributed by atoms with Crippen LogP contribution in [0.15, 0.2) is 85.1 Å². The Balaban J connectivity index is 1.84. The molecule has 5 nitrogen and oxygen atoms in total. The van der Waals surface area contributed by atoms with E-state index in [1.54, 1.807) is 42.5 Å². The van der Waals surface area contributed by atoms with Gasteiger partial charge in [-0.15, -0.1) is 9.36 Å². The molecule has 4 aromatic rings. The van der Waals surface area contributed by atoms with Crippen LogP contribution in [-0.4, -0.2) is 15.7 Å². The molecule has 0 bridgehead atoms. The highest BCUT2D eigenvalue weighted by Gasteiger charge is 2.22. The standard InChI is InChI=1S/C21H14ClN3O2/c22-16-11-12-19(18(13-16)21(27)15-7-3-1-4-8-15)25-20(26)14-24(23-25)17-9-5-2-6-10-17/h1-14H. The third kappa shape index (κ3) is 3.32. The van der Waals surface area contributed by atoms with E-state index in [0.29, 0.717) is 21.8 Å². The van der Waals surface area contributed by atoms with Gasteiger partial charge in [-0.2, -0.15) is 0 Å². The van der Waals surface area contributed by atoms with Gasteiger partial charge in [-0.3, -0.25) is 4.79 Å². The monoisotopic (exact) mass is 375 g/mol. The van der Waals surface area contributed by atoms with Crippen LogP contribution >= 0.6 is 11.6 Å². The zero-order chi connectivity index (χ0) is 18.8. The molecule has 0 aliphatic heterocycles. The van der Waals surface area contributed by atoms with Gasteiger partial charge in [0.05, 0.1) is 5.56 Å². The molecule has 0 aliphatic carbocycles. The van der Waals surface area contributed by atoms with Crippen LogP contribution in [0.1, 0.15) is 15.9 Å². The first-order chi connectivity index (χ1) is 13.1. The SMILES string of the molecule is O=C(c1ccccc1)c1cc(Cl)ccc1-[n+]1nn(-c2ccccc2)cc1[O-]. The molecule has 0 spiro atoms. The van der Waals surface area contributed by atoms with Crippen molar-refractivity contribution in [3.63, 3.8) is 0 Å². The molecule has 6 heteroatoms. The highest BCUT2D eigenvalue weighted by atomic mass is 35.5. The lowest BCUT2D eigenvalue weighted by atomic mass is 10.0. The Hall–Kier alpha value is -3.44. The van der Waals surface area contributed by atoms with E-state index in [2.05, 4.69) is 5.21 Å². The van der Waals surface area contributed by atoms with Crippen LogP contribution in [-0.2, 0) is 0 Å². The fourth-order valence-electron chi connectivity index (χ4n) is 2.82. The average molecular weight is 376 g/mol. The summed E-state index contributed by atoms with van der Waals surface area (Å²) in [6.45, 7) is 0. The molecule has 1 heterocycles. The van der Waals surface area contributed by atoms with E-state index in [4.69, 9.17) is 11.6 Å². The van der Waals surface area contributed by atoms with Crippen LogP contribution in [0, 0.1) is 0 Å². The molecule has 27 heavy (non-hydrogen) atoms. The topological polar surface area (TPSA) is 61.8 Å². The van der Waals surface area contributed by atoms with Crippen LogP contribution in [0.4, 0.5) is 0 Å². The van der Waals surface area contributed by atoms with Gasteiger partial charge in [0.1, 0.15) is 11.1 Å². The van der Waals surface area contributed by atoms with Crippen molar-refractivity contribution in [3.05, 3.63) is 101 Å². The third-order valence-electron chi connectivity index (χ3n) is 4.12. The molecule has 0 fully saturated rings. The van der Waals surface area contributed by atoms with E-state index in [1.165, 1.54) is 15.6 Å². The Morgan fingerprint density at radius 2 is 1.63 bits per heavy atom. The molecular weight excluding hydrogens is 362 g/mol. The first kappa shape index (κ1) is 17.0. The second kappa shape index (κ2) is 7.05. The molecule has 0 N–H and O–H groups in total. The van der Waals surface area contributed by atoms with Crippen LogP contribution < -0.4 is 9.79 Å². The number of halogens is 1. The summed E-state index contributed by atoms with van der Waals surface area (Å²) >= 11 is 6.11. The number of aromatic nitrogens is 3. The summed E-state index contributed by atoms with van der Waals surface area (Å²) in [5.74, 6) is -0.572. The lowest BCUT2D eigenvalue weighted by Gasteiger charge is -2.08. The minimum absolute atomic E-state index is 0.228. The second-order valence-corrected chi connectivity index (χ2v) is 6.34. The second-order valence-electron chi connectivity index (χ2n) is 5.91. The number of carbonyl (C=O) groups is 1. The largest absolute Gasteiger partial charge is 0.838 e. The number of benzene rings is 3. The van der Waals surface area contributed by atoms with E-state index < -0.39 is 0 Å². The van der Waals surface area contributed by atoms with Crippen molar-refractivity contribution in [2.75, 3.05) is 0 Å². The van der Waals surface area contributed by atoms with Gasteiger partial charge in [0, 0.05) is 10.6 Å². The number of hydrogen-bond acceptors (Lipinski definition) is 3. The molecule has 0 atom stereocenters. The van der Waals surface area contributed by atoms with Gasteiger partial charge in [-0.25, -0.2) is 0 Å². The number of nitrogens with zero attached hydrogens (tertiary/aromatic N) is 3. The van der Waals surface area contributed by atoms with E-state index in [-0.39, 0.29) is 11.7 Å². The normalized spacial score (nSPS) is 10.7. The molecule has 0 saturated heterocycles. The highest BCUT2D eigenvalue weighted by molar-refractivity contribution is 6.31. The van der Waals surface area contributed by atoms with Crippen LogP contribution in [0.25, 0.3) is 11.4 Å². The van der Waals surface area contributed by atoms with Gasteiger partial charge in [0.25, 0.3) is 0 Å². The minimum Gasteiger partial charge on any atom is -0.838 e. The number of ketones is 1. The van der Waals surface area contributed by atoms with E-state index in [9.17, 15) is 9.90 Å². The van der Waals surface area contributed by atoms with Gasteiger partial charge < -0.3 is 5.11 Å². The van der Waals surface area contributed by atoms with Crippen molar-refractivity contribution < 1.29 is 14.6 Å². The first-order valence-corrected chi connectivity index (χ1v) is 8.65. The predicted molar refractivity (Wildman–Crippen MR) is 99.4 cm³/mol. The third-order valence-corrected chi connectivity index (χ3v) is 4.35. The molecule has 0 aliphatic rings. The lowest BCUT2D eigenvalue weighted by Crippen LogP contribution is -2.38. The summed E-state index contributed by atoms with van der Waals surface area (Å²) in [4.78, 5) is 13.0. The van der Waals surface area contributed by atoms with Gasteiger partial charge in [-0.1, -0.05) is 60.1 Å². The summed E-state index contributed by atoms with van der Waals surface area (Å²) in [5, 5.41) is 17.3. The Bertz CT molecular complexity index is 1110. The lowest BCUT2D eigenvalue weighted by molar-refractivity contribution is -0.703. The number of rotatable bonds is 4. The van der Waals surface area contributed by atoms with E-state index in [1.807, 2.05) is 36.4 Å². The molecule has 0 saturated carbocycles. The van der Waals surface area contributed by atoms with E-state index in [0.717, 1.165) is 5.69 Å². The van der Waals surface area contributed by atoms with Crippen molar-refractivity contribution in [2.45, 2.75) is 0 Å². The molecule has 0 radical (unpaired) electrons. The fourth-order valence-corrected chi connectivity index (χ4v) is 2.99. The first-order valence-electron chi connectivity index (χ1n) is 8.27. The van der Waals surface area contributed by atoms with Crippen molar-refractivity contribution in [2.24, 2.45) is 0 Å². The molecule has 1 aromatic heterocycles. The van der Waals surface area contributed by atoms with Crippen molar-refractivity contribution in [1.29, 1.82) is 0 Å². The minimum atomic E-state index is -0.344. The van der Waals surface area contributed by atoms with Crippen LogP contribution in [0.2, 0.25) is 5.02 Å². The Morgan fingerprint density at radius 1 is 0.963 bits per heavy atom. The number of carbonyl (C=O) groups excluding carboxylic acids is 1. The molecule has 4 rings (SSSR count). The number of para-hydroxylation sites is 1. The molecule has 3 aromatic carbocycles. The number of hydrogen-bond donors (Lipinski definition) is 0. The zero-order valence-electron chi connectivity index (χ0n) is 14.1. The summed E-state index contributed by atoms with van der Waals surface area (Å²) in [6.07, 6.45) is 1.38. The highest BCUT2D eigenvalue weighted by Crippen LogP contribution is 2.21. The maximum absolute atomic E-state index is 13.0. The quantitative estimate of drug-likeness (QED) is 0.406. The van der Waals surface area contributed by atoms with Crippen molar-refractivity contribution >= 4 is 17.4 Å². The predicted octanol–water partition coefficient (Wildman–Crippen LogP) is 3.11. The van der Waals surface area contributed by atoms with E-state index >= 15 is 0 Å². The van der Waals surface area contributed by atoms with Crippen molar-refractivity contribution in [3.8, 4) is 17.3 Å². The summed E-state index contributed by atoms with van der Waals surface area (Å²) in [5.41, 5.74) is 1.96. The molecule has 0 amide bonds. The van der Waals surface area contributed by atoms with Gasteiger partial charge >= 0.3 is 0 Å². The van der Waals surface area contributed by atoms with Crippen molar-refractivity contribution in [1.82, 2.24) is 9.90 Å². The summed E-state index contributed by atoms with van der Waals surface area (Å²) in [7, 11) is 0. The maximum atomic E-state index is 13.0. The summed E-state index contributed by atoms with van der Waals surface area (Å²) < 4.78 is 2.69. The molecule has 132 valence electrons. The maximum Gasteiger partial charge on any atom is 0.197 e.